The van der Waals surface area contributed by atoms with Gasteiger partial charge in [-0.15, -0.1) is 0 Å². The SMILES string of the molecule is CCOC(C)(C)CCOCCC(=O)N1Cc2ccccc2C#Cc2ccccc21. The Morgan fingerprint density at radius 2 is 1.72 bits per heavy atom. The maximum Gasteiger partial charge on any atom is 0.229 e. The highest BCUT2D eigenvalue weighted by atomic mass is 16.5. The average molecular weight is 392 g/mol. The van der Waals surface area contributed by atoms with Crippen LogP contribution in [0.1, 0.15) is 50.3 Å². The van der Waals surface area contributed by atoms with E-state index in [9.17, 15) is 4.79 Å². The predicted octanol–water partition coefficient (Wildman–Crippen LogP) is 4.54. The van der Waals surface area contributed by atoms with Gasteiger partial charge in [-0.3, -0.25) is 4.79 Å². The summed E-state index contributed by atoms with van der Waals surface area (Å²) >= 11 is 0. The van der Waals surface area contributed by atoms with E-state index in [2.05, 4.69) is 25.7 Å². The molecule has 0 saturated carbocycles. The summed E-state index contributed by atoms with van der Waals surface area (Å²) in [6.45, 7) is 8.27. The van der Waals surface area contributed by atoms with Crippen molar-refractivity contribution in [1.29, 1.82) is 0 Å². The molecule has 1 heterocycles. The van der Waals surface area contributed by atoms with Crippen molar-refractivity contribution in [3.63, 3.8) is 0 Å². The highest BCUT2D eigenvalue weighted by molar-refractivity contribution is 5.95. The normalized spacial score (nSPS) is 12.9. The Kier molecular flexibility index (Phi) is 7.09. The summed E-state index contributed by atoms with van der Waals surface area (Å²) in [6, 6.07) is 15.8. The molecule has 4 nitrogen and oxygen atoms in total. The van der Waals surface area contributed by atoms with Crippen molar-refractivity contribution in [2.24, 2.45) is 0 Å². The van der Waals surface area contributed by atoms with E-state index in [1.54, 1.807) is 0 Å². The zero-order chi connectivity index (χ0) is 20.7. The number of nitrogens with zero attached hydrogens (tertiary/aromatic N) is 1. The van der Waals surface area contributed by atoms with Crippen LogP contribution in [0.5, 0.6) is 0 Å². The van der Waals surface area contributed by atoms with E-state index in [-0.39, 0.29) is 11.5 Å². The molecule has 2 aromatic carbocycles. The highest BCUT2D eigenvalue weighted by Gasteiger charge is 2.21. The van der Waals surface area contributed by atoms with Gasteiger partial charge < -0.3 is 14.4 Å². The van der Waals surface area contributed by atoms with Crippen LogP contribution in [0.2, 0.25) is 0 Å². The Labute approximate surface area is 173 Å². The fraction of sp³-hybridized carbons (Fsp3) is 0.400. The summed E-state index contributed by atoms with van der Waals surface area (Å²) in [4.78, 5) is 14.9. The Morgan fingerprint density at radius 3 is 2.52 bits per heavy atom. The van der Waals surface area contributed by atoms with Crippen molar-refractivity contribution in [2.75, 3.05) is 24.7 Å². The van der Waals surface area contributed by atoms with Gasteiger partial charge in [0, 0.05) is 24.3 Å². The maximum absolute atomic E-state index is 13.1. The molecule has 0 spiro atoms. The Hall–Kier alpha value is -2.61. The van der Waals surface area contributed by atoms with Crippen molar-refractivity contribution >= 4 is 11.6 Å². The number of carbonyl (C=O) groups is 1. The minimum atomic E-state index is -0.205. The Morgan fingerprint density at radius 1 is 1.03 bits per heavy atom. The fourth-order valence-corrected chi connectivity index (χ4v) is 3.38. The summed E-state index contributed by atoms with van der Waals surface area (Å²) < 4.78 is 11.4. The first-order valence-corrected chi connectivity index (χ1v) is 10.2. The lowest BCUT2D eigenvalue weighted by Crippen LogP contribution is -2.32. The lowest BCUT2D eigenvalue weighted by atomic mass is 10.0. The van der Waals surface area contributed by atoms with E-state index in [1.807, 2.05) is 60.4 Å². The van der Waals surface area contributed by atoms with Crippen LogP contribution in [0.15, 0.2) is 48.5 Å². The quantitative estimate of drug-likeness (QED) is 0.490. The predicted molar refractivity (Wildman–Crippen MR) is 116 cm³/mol. The van der Waals surface area contributed by atoms with Crippen molar-refractivity contribution in [1.82, 2.24) is 0 Å². The first kappa shape index (κ1) is 21.1. The van der Waals surface area contributed by atoms with Crippen LogP contribution in [0.3, 0.4) is 0 Å². The number of benzene rings is 2. The van der Waals surface area contributed by atoms with Crippen molar-refractivity contribution in [3.8, 4) is 11.8 Å². The lowest BCUT2D eigenvalue weighted by molar-refractivity contribution is -0.120. The van der Waals surface area contributed by atoms with Crippen LogP contribution in [-0.2, 0) is 20.8 Å². The van der Waals surface area contributed by atoms with Crippen molar-refractivity contribution in [3.05, 3.63) is 65.2 Å². The third-order valence-electron chi connectivity index (χ3n) is 5.02. The molecule has 2 aromatic rings. The molecule has 4 heteroatoms. The lowest BCUT2D eigenvalue weighted by Gasteiger charge is -2.26. The Balaban J connectivity index is 1.66. The minimum absolute atomic E-state index is 0.0417. The molecule has 29 heavy (non-hydrogen) atoms. The topological polar surface area (TPSA) is 38.8 Å². The second-order valence-electron chi connectivity index (χ2n) is 7.71. The number of anilines is 1. The standard InChI is InChI=1S/C25H29NO3/c1-4-29-25(2,3)16-18-28-17-15-24(27)26-19-22-11-6-5-9-20(22)13-14-21-10-7-8-12-23(21)26/h5-12H,4,15-19H2,1-3H3. The number of amides is 1. The molecule has 0 N–H and O–H groups in total. The van der Waals surface area contributed by atoms with Crippen LogP contribution in [0.4, 0.5) is 5.69 Å². The zero-order valence-corrected chi connectivity index (χ0v) is 17.5. The molecule has 152 valence electrons. The van der Waals surface area contributed by atoms with Crippen molar-refractivity contribution in [2.45, 2.75) is 45.8 Å². The average Bonchev–Trinajstić information content (AvgIpc) is 2.69. The monoisotopic (exact) mass is 391 g/mol. The summed E-state index contributed by atoms with van der Waals surface area (Å²) in [5.41, 5.74) is 3.55. The van der Waals surface area contributed by atoms with Crippen LogP contribution in [-0.4, -0.2) is 31.3 Å². The number of hydrogen-bond donors (Lipinski definition) is 0. The first-order chi connectivity index (χ1) is 14.0. The van der Waals surface area contributed by atoms with E-state index >= 15 is 0 Å². The van der Waals surface area contributed by atoms with Gasteiger partial charge in [0.1, 0.15) is 0 Å². The fourth-order valence-electron chi connectivity index (χ4n) is 3.38. The number of ether oxygens (including phenoxy) is 2. The second-order valence-corrected chi connectivity index (χ2v) is 7.71. The van der Waals surface area contributed by atoms with Gasteiger partial charge >= 0.3 is 0 Å². The molecule has 3 rings (SSSR count). The van der Waals surface area contributed by atoms with E-state index < -0.39 is 0 Å². The van der Waals surface area contributed by atoms with E-state index in [4.69, 9.17) is 9.47 Å². The molecule has 0 aliphatic carbocycles. The maximum atomic E-state index is 13.1. The summed E-state index contributed by atoms with van der Waals surface area (Å²) in [7, 11) is 0. The molecule has 1 aliphatic heterocycles. The van der Waals surface area contributed by atoms with Gasteiger partial charge in [-0.1, -0.05) is 42.2 Å². The molecule has 1 aliphatic rings. The van der Waals surface area contributed by atoms with Gasteiger partial charge in [0.2, 0.25) is 5.91 Å². The van der Waals surface area contributed by atoms with Crippen LogP contribution < -0.4 is 4.90 Å². The number of carbonyl (C=O) groups excluding carboxylic acids is 1. The van der Waals surface area contributed by atoms with E-state index in [0.717, 1.165) is 28.8 Å². The molecule has 0 aromatic heterocycles. The molecule has 0 radical (unpaired) electrons. The van der Waals surface area contributed by atoms with Crippen LogP contribution in [0, 0.1) is 11.8 Å². The van der Waals surface area contributed by atoms with Crippen LogP contribution in [0.25, 0.3) is 0 Å². The third-order valence-corrected chi connectivity index (χ3v) is 5.02. The van der Waals surface area contributed by atoms with Gasteiger partial charge in [0.05, 0.1) is 30.9 Å². The van der Waals surface area contributed by atoms with Gasteiger partial charge in [0.25, 0.3) is 0 Å². The second kappa shape index (κ2) is 9.73. The number of para-hydroxylation sites is 1. The van der Waals surface area contributed by atoms with Crippen molar-refractivity contribution < 1.29 is 14.3 Å². The van der Waals surface area contributed by atoms with E-state index in [0.29, 0.717) is 32.8 Å². The van der Waals surface area contributed by atoms with Gasteiger partial charge in [-0.25, -0.2) is 0 Å². The first-order valence-electron chi connectivity index (χ1n) is 10.2. The minimum Gasteiger partial charge on any atom is -0.381 e. The molecule has 1 amide bonds. The van der Waals surface area contributed by atoms with E-state index in [1.165, 1.54) is 0 Å². The molecule has 0 fully saturated rings. The zero-order valence-electron chi connectivity index (χ0n) is 17.5. The Bertz CT molecular complexity index is 908. The number of hydrogen-bond acceptors (Lipinski definition) is 3. The summed E-state index contributed by atoms with van der Waals surface area (Å²) in [5, 5.41) is 0. The number of rotatable bonds is 8. The van der Waals surface area contributed by atoms with Crippen LogP contribution >= 0.6 is 0 Å². The molecule has 0 saturated heterocycles. The third kappa shape index (κ3) is 5.69. The smallest absolute Gasteiger partial charge is 0.229 e. The summed E-state index contributed by atoms with van der Waals surface area (Å²) in [5.74, 6) is 6.50. The van der Waals surface area contributed by atoms with Gasteiger partial charge in [-0.05, 0) is 51.0 Å². The molecule has 0 bridgehead atoms. The molecular formula is C25H29NO3. The summed E-state index contributed by atoms with van der Waals surface area (Å²) in [6.07, 6.45) is 1.13. The van der Waals surface area contributed by atoms with Gasteiger partial charge in [-0.2, -0.15) is 0 Å². The van der Waals surface area contributed by atoms with Gasteiger partial charge in [0.15, 0.2) is 0 Å². The number of fused-ring (bicyclic) bond motifs is 2. The molecular weight excluding hydrogens is 362 g/mol. The largest absolute Gasteiger partial charge is 0.381 e. The molecule has 0 atom stereocenters. The molecule has 0 unspecified atom stereocenters. The highest BCUT2D eigenvalue weighted by Crippen LogP contribution is 2.26.